The van der Waals surface area contributed by atoms with Gasteiger partial charge in [0.15, 0.2) is 0 Å². The van der Waals surface area contributed by atoms with E-state index >= 15 is 0 Å². The average molecular weight is 251 g/mol. The summed E-state index contributed by atoms with van der Waals surface area (Å²) >= 11 is 1.68. The van der Waals surface area contributed by atoms with E-state index in [-0.39, 0.29) is 17.3 Å². The lowest BCUT2D eigenvalue weighted by molar-refractivity contribution is -0.129. The minimum absolute atomic E-state index is 0.123. The number of hydrogen-bond donors (Lipinski definition) is 0. The van der Waals surface area contributed by atoms with E-state index in [0.717, 1.165) is 11.3 Å². The highest BCUT2D eigenvalue weighted by molar-refractivity contribution is 8.00. The normalized spacial score (nSPS) is 20.1. The van der Waals surface area contributed by atoms with Gasteiger partial charge in [0.05, 0.1) is 12.9 Å². The molecule has 17 heavy (non-hydrogen) atoms. The topological polar surface area (TPSA) is 29.5 Å². The molecule has 2 rings (SSSR count). The molecule has 0 bridgehead atoms. The van der Waals surface area contributed by atoms with Crippen LogP contribution in [0.15, 0.2) is 24.3 Å². The fourth-order valence-electron chi connectivity index (χ4n) is 2.05. The molecule has 1 atom stereocenters. The Kier molecular flexibility index (Phi) is 3.62. The van der Waals surface area contributed by atoms with Crippen LogP contribution in [0.4, 0.5) is 0 Å². The molecule has 0 saturated carbocycles. The fraction of sp³-hybridized carbons (Fsp3) is 0.462. The van der Waals surface area contributed by atoms with Gasteiger partial charge in [-0.25, -0.2) is 0 Å². The average Bonchev–Trinajstić information content (AvgIpc) is 2.71. The number of amides is 1. The van der Waals surface area contributed by atoms with Gasteiger partial charge in [0.1, 0.15) is 11.1 Å². The van der Waals surface area contributed by atoms with E-state index in [4.69, 9.17) is 4.74 Å². The fourth-order valence-corrected chi connectivity index (χ4v) is 3.36. The molecule has 1 amide bonds. The summed E-state index contributed by atoms with van der Waals surface area (Å²) in [5.74, 6) is 1.63. The third-order valence-electron chi connectivity index (χ3n) is 2.84. The van der Waals surface area contributed by atoms with Crippen LogP contribution >= 0.6 is 11.8 Å². The lowest BCUT2D eigenvalue weighted by Crippen LogP contribution is -2.34. The van der Waals surface area contributed by atoms with Crippen LogP contribution in [-0.4, -0.2) is 29.7 Å². The highest BCUT2D eigenvalue weighted by atomic mass is 32.2. The van der Waals surface area contributed by atoms with Gasteiger partial charge in [-0.15, -0.1) is 11.8 Å². The third kappa shape index (κ3) is 2.41. The van der Waals surface area contributed by atoms with Crippen molar-refractivity contribution in [3.8, 4) is 5.75 Å². The van der Waals surface area contributed by atoms with Crippen LogP contribution in [0.2, 0.25) is 0 Å². The molecular weight excluding hydrogens is 234 g/mol. The number of thioether (sulfide) groups is 1. The van der Waals surface area contributed by atoms with E-state index < -0.39 is 0 Å². The molecule has 1 heterocycles. The molecule has 1 saturated heterocycles. The molecule has 1 aromatic rings. The van der Waals surface area contributed by atoms with Crippen LogP contribution in [0.5, 0.6) is 5.75 Å². The van der Waals surface area contributed by atoms with Gasteiger partial charge in [-0.3, -0.25) is 4.79 Å². The SMILES string of the molecule is COc1cccc(C2SCC(=O)N2C(C)C)c1. The van der Waals surface area contributed by atoms with Gasteiger partial charge in [0, 0.05) is 6.04 Å². The predicted octanol–water partition coefficient (Wildman–Crippen LogP) is 2.68. The molecule has 92 valence electrons. The summed E-state index contributed by atoms with van der Waals surface area (Å²) in [5.41, 5.74) is 1.13. The zero-order chi connectivity index (χ0) is 12.4. The molecule has 1 aliphatic rings. The van der Waals surface area contributed by atoms with E-state index in [9.17, 15) is 4.79 Å². The molecule has 1 aliphatic heterocycles. The third-order valence-corrected chi connectivity index (χ3v) is 4.07. The highest BCUT2D eigenvalue weighted by Crippen LogP contribution is 2.40. The Balaban J connectivity index is 2.29. The standard InChI is InChI=1S/C13H17NO2S/c1-9(2)14-12(15)8-17-13(14)10-5-4-6-11(7-10)16-3/h4-7,9,13H,8H2,1-3H3. The van der Waals surface area contributed by atoms with Crippen LogP contribution in [0, 0.1) is 0 Å². The molecule has 0 radical (unpaired) electrons. The predicted molar refractivity (Wildman–Crippen MR) is 70.2 cm³/mol. The number of carbonyl (C=O) groups excluding carboxylic acids is 1. The summed E-state index contributed by atoms with van der Waals surface area (Å²) in [6.07, 6.45) is 0. The summed E-state index contributed by atoms with van der Waals surface area (Å²) in [4.78, 5) is 13.8. The smallest absolute Gasteiger partial charge is 0.234 e. The summed E-state index contributed by atoms with van der Waals surface area (Å²) in [6.45, 7) is 4.11. The number of methoxy groups -OCH3 is 1. The molecule has 0 spiro atoms. The summed E-state index contributed by atoms with van der Waals surface area (Å²) in [5, 5.41) is 0.123. The minimum Gasteiger partial charge on any atom is -0.497 e. The molecule has 1 unspecified atom stereocenters. The second-order valence-corrected chi connectivity index (χ2v) is 5.40. The van der Waals surface area contributed by atoms with Gasteiger partial charge < -0.3 is 9.64 Å². The van der Waals surface area contributed by atoms with E-state index in [1.165, 1.54) is 0 Å². The second-order valence-electron chi connectivity index (χ2n) is 4.33. The Bertz CT molecular complexity index is 420. The molecular formula is C13H17NO2S. The van der Waals surface area contributed by atoms with Crippen LogP contribution in [0.25, 0.3) is 0 Å². The molecule has 1 aromatic carbocycles. The lowest BCUT2D eigenvalue weighted by Gasteiger charge is -2.28. The molecule has 3 nitrogen and oxygen atoms in total. The Labute approximate surface area is 106 Å². The minimum atomic E-state index is 0.123. The first-order valence-electron chi connectivity index (χ1n) is 5.70. The van der Waals surface area contributed by atoms with E-state index in [1.54, 1.807) is 18.9 Å². The quantitative estimate of drug-likeness (QED) is 0.827. The Morgan fingerprint density at radius 3 is 2.88 bits per heavy atom. The van der Waals surface area contributed by atoms with Crippen molar-refractivity contribution in [1.82, 2.24) is 4.90 Å². The number of nitrogens with zero attached hydrogens (tertiary/aromatic N) is 1. The monoisotopic (exact) mass is 251 g/mol. The van der Waals surface area contributed by atoms with Crippen LogP contribution < -0.4 is 4.74 Å². The zero-order valence-electron chi connectivity index (χ0n) is 10.3. The van der Waals surface area contributed by atoms with Crippen LogP contribution in [0.3, 0.4) is 0 Å². The Morgan fingerprint density at radius 2 is 2.24 bits per heavy atom. The van der Waals surface area contributed by atoms with Crippen molar-refractivity contribution in [3.05, 3.63) is 29.8 Å². The van der Waals surface area contributed by atoms with Crippen molar-refractivity contribution in [2.24, 2.45) is 0 Å². The number of rotatable bonds is 3. The number of hydrogen-bond acceptors (Lipinski definition) is 3. The zero-order valence-corrected chi connectivity index (χ0v) is 11.2. The molecule has 0 aromatic heterocycles. The number of ether oxygens (including phenoxy) is 1. The molecule has 4 heteroatoms. The van der Waals surface area contributed by atoms with Crippen LogP contribution in [0.1, 0.15) is 24.8 Å². The van der Waals surface area contributed by atoms with Gasteiger partial charge in [-0.05, 0) is 31.5 Å². The molecule has 1 fully saturated rings. The van der Waals surface area contributed by atoms with Crippen molar-refractivity contribution in [3.63, 3.8) is 0 Å². The number of benzene rings is 1. The van der Waals surface area contributed by atoms with Gasteiger partial charge in [0.25, 0.3) is 0 Å². The first-order valence-corrected chi connectivity index (χ1v) is 6.75. The van der Waals surface area contributed by atoms with Crippen molar-refractivity contribution in [2.75, 3.05) is 12.9 Å². The summed E-state index contributed by atoms with van der Waals surface area (Å²) < 4.78 is 5.22. The lowest BCUT2D eigenvalue weighted by atomic mass is 10.1. The Morgan fingerprint density at radius 1 is 1.47 bits per heavy atom. The maximum absolute atomic E-state index is 11.8. The van der Waals surface area contributed by atoms with Crippen molar-refractivity contribution in [1.29, 1.82) is 0 Å². The van der Waals surface area contributed by atoms with Crippen molar-refractivity contribution < 1.29 is 9.53 Å². The van der Waals surface area contributed by atoms with Crippen molar-refractivity contribution >= 4 is 17.7 Å². The van der Waals surface area contributed by atoms with Gasteiger partial charge in [0.2, 0.25) is 5.91 Å². The first kappa shape index (κ1) is 12.3. The van der Waals surface area contributed by atoms with E-state index in [2.05, 4.69) is 13.8 Å². The van der Waals surface area contributed by atoms with Crippen molar-refractivity contribution in [2.45, 2.75) is 25.3 Å². The maximum Gasteiger partial charge on any atom is 0.234 e. The number of carbonyl (C=O) groups is 1. The van der Waals surface area contributed by atoms with E-state index in [0.29, 0.717) is 5.75 Å². The van der Waals surface area contributed by atoms with E-state index in [1.807, 2.05) is 29.2 Å². The largest absolute Gasteiger partial charge is 0.497 e. The summed E-state index contributed by atoms with van der Waals surface area (Å²) in [7, 11) is 1.66. The Hall–Kier alpha value is -1.16. The molecule has 0 aliphatic carbocycles. The van der Waals surface area contributed by atoms with Gasteiger partial charge in [-0.2, -0.15) is 0 Å². The molecule has 0 N–H and O–H groups in total. The highest BCUT2D eigenvalue weighted by Gasteiger charge is 2.34. The van der Waals surface area contributed by atoms with Gasteiger partial charge >= 0.3 is 0 Å². The van der Waals surface area contributed by atoms with Gasteiger partial charge in [-0.1, -0.05) is 12.1 Å². The first-order chi connectivity index (χ1) is 8.13. The summed E-state index contributed by atoms with van der Waals surface area (Å²) in [6, 6.07) is 8.18. The van der Waals surface area contributed by atoms with Crippen LogP contribution in [-0.2, 0) is 4.79 Å². The second kappa shape index (κ2) is 5.00. The maximum atomic E-state index is 11.8.